The van der Waals surface area contributed by atoms with Gasteiger partial charge in [0, 0.05) is 16.6 Å². The number of rotatable bonds is 7. The lowest BCUT2D eigenvalue weighted by Crippen LogP contribution is -2.07. The number of nitrogens with two attached hydrogens (primary N) is 1. The third kappa shape index (κ3) is 8.40. The molecule has 0 atom stereocenters. The van der Waals surface area contributed by atoms with Gasteiger partial charge in [0.25, 0.3) is 30.4 Å². The number of hydrogen-bond donors (Lipinski definition) is 7. The summed E-state index contributed by atoms with van der Waals surface area (Å²) in [7, 11) is -13.7. The Bertz CT molecular complexity index is 2360. The topological polar surface area (TPSA) is 272 Å². The summed E-state index contributed by atoms with van der Waals surface area (Å²) in [5, 5.41) is 16.1. The number of benzene rings is 4. The van der Waals surface area contributed by atoms with Crippen LogP contribution in [0.15, 0.2) is 81.4 Å². The van der Waals surface area contributed by atoms with E-state index in [9.17, 15) is 39.5 Å². The van der Waals surface area contributed by atoms with Crippen molar-refractivity contribution in [2.24, 2.45) is 0 Å². The first-order valence-electron chi connectivity index (χ1n) is 12.8. The molecule has 0 amide bonds. The number of anilines is 5. The van der Waals surface area contributed by atoms with Crippen LogP contribution in [0.2, 0.25) is 5.28 Å². The molecular formula is C27H25ClN6O10S3. The molecule has 0 saturated carbocycles. The predicted octanol–water partition coefficient (Wildman–Crippen LogP) is 4.50. The van der Waals surface area contributed by atoms with Gasteiger partial charge in [0.15, 0.2) is 0 Å². The maximum absolute atomic E-state index is 11.9. The Labute approximate surface area is 273 Å². The van der Waals surface area contributed by atoms with Gasteiger partial charge in [-0.1, -0.05) is 30.3 Å². The smallest absolute Gasteiger partial charge is 0.296 e. The minimum absolute atomic E-state index is 0.0303. The zero-order chi connectivity index (χ0) is 34.9. The third-order valence-electron chi connectivity index (χ3n) is 6.41. The van der Waals surface area contributed by atoms with Gasteiger partial charge >= 0.3 is 0 Å². The highest BCUT2D eigenvalue weighted by Crippen LogP contribution is 2.40. The van der Waals surface area contributed by atoms with Gasteiger partial charge in [-0.25, -0.2) is 0 Å². The van der Waals surface area contributed by atoms with Crippen LogP contribution in [0.1, 0.15) is 11.1 Å². The Morgan fingerprint density at radius 2 is 1.26 bits per heavy atom. The van der Waals surface area contributed by atoms with E-state index in [0.717, 1.165) is 23.8 Å². The quantitative estimate of drug-likeness (QED) is 0.0899. The van der Waals surface area contributed by atoms with Crippen LogP contribution in [-0.2, 0) is 30.4 Å². The molecule has 248 valence electrons. The normalized spacial score (nSPS) is 11.9. The van der Waals surface area contributed by atoms with Crippen molar-refractivity contribution in [3.63, 3.8) is 0 Å². The minimum atomic E-state index is -4.77. The van der Waals surface area contributed by atoms with Gasteiger partial charge in [-0.3, -0.25) is 13.7 Å². The van der Waals surface area contributed by atoms with Crippen LogP contribution >= 0.6 is 11.6 Å². The lowest BCUT2D eigenvalue weighted by atomic mass is 10.0. The van der Waals surface area contributed by atoms with E-state index < -0.39 is 45.9 Å². The summed E-state index contributed by atoms with van der Waals surface area (Å²) in [4.78, 5) is 10.7. The number of nitrogens with zero attached hydrogens (tertiary/aromatic N) is 3. The fourth-order valence-electron chi connectivity index (χ4n) is 4.22. The fourth-order valence-corrected chi connectivity index (χ4v) is 6.29. The third-order valence-corrected chi connectivity index (χ3v) is 9.32. The molecule has 4 aromatic carbocycles. The van der Waals surface area contributed by atoms with Crippen LogP contribution in [0.3, 0.4) is 0 Å². The van der Waals surface area contributed by atoms with Crippen LogP contribution in [-0.4, -0.2) is 59.0 Å². The summed E-state index contributed by atoms with van der Waals surface area (Å²) in [6.07, 6.45) is 0. The summed E-state index contributed by atoms with van der Waals surface area (Å²) < 4.78 is 96.1. The average molecular weight is 725 g/mol. The summed E-state index contributed by atoms with van der Waals surface area (Å²) in [6.45, 7) is 3.12. The van der Waals surface area contributed by atoms with E-state index in [2.05, 4.69) is 25.6 Å². The lowest BCUT2D eigenvalue weighted by Gasteiger charge is -2.15. The molecule has 20 heteroatoms. The van der Waals surface area contributed by atoms with Crippen molar-refractivity contribution in [1.82, 2.24) is 15.0 Å². The number of aromatic hydroxyl groups is 1. The number of hydrogen-bond acceptors (Lipinski definition) is 13. The van der Waals surface area contributed by atoms with E-state index >= 15 is 0 Å². The number of fused-ring (bicyclic) bond motifs is 1. The second-order valence-corrected chi connectivity index (χ2v) is 14.2. The van der Waals surface area contributed by atoms with Crippen molar-refractivity contribution in [3.05, 3.63) is 83.1 Å². The van der Waals surface area contributed by atoms with Gasteiger partial charge in [0.2, 0.25) is 17.2 Å². The van der Waals surface area contributed by atoms with Crippen molar-refractivity contribution in [2.75, 3.05) is 16.4 Å². The second-order valence-electron chi connectivity index (χ2n) is 9.70. The van der Waals surface area contributed by atoms with E-state index in [-0.39, 0.29) is 49.8 Å². The van der Waals surface area contributed by atoms with E-state index in [1.165, 1.54) is 25.1 Å². The molecule has 0 saturated heterocycles. The van der Waals surface area contributed by atoms with E-state index in [1.54, 1.807) is 18.2 Å². The van der Waals surface area contributed by atoms with Crippen LogP contribution < -0.4 is 16.4 Å². The first-order valence-corrected chi connectivity index (χ1v) is 17.5. The van der Waals surface area contributed by atoms with Gasteiger partial charge in [-0.05, 0) is 72.8 Å². The van der Waals surface area contributed by atoms with Crippen molar-refractivity contribution in [2.45, 2.75) is 28.5 Å². The van der Waals surface area contributed by atoms with Crippen molar-refractivity contribution < 1.29 is 44.0 Å². The van der Waals surface area contributed by atoms with Gasteiger partial charge < -0.3 is 21.5 Å². The summed E-state index contributed by atoms with van der Waals surface area (Å²) in [6, 6.07) is 15.9. The number of nitrogen functional groups attached to an aromatic ring is 1. The van der Waals surface area contributed by atoms with Crippen molar-refractivity contribution in [3.8, 4) is 5.75 Å². The Hall–Kier alpha value is -4.63. The number of phenolic OH excluding ortho intramolecular Hbond substituents is 1. The Morgan fingerprint density at radius 1 is 0.702 bits per heavy atom. The maximum Gasteiger partial charge on any atom is 0.296 e. The number of aromatic nitrogens is 3. The zero-order valence-electron chi connectivity index (χ0n) is 24.1. The molecule has 0 spiro atoms. The molecule has 0 bridgehead atoms. The van der Waals surface area contributed by atoms with Gasteiger partial charge in [-0.2, -0.15) is 40.2 Å². The Kier molecular flexibility index (Phi) is 9.92. The predicted molar refractivity (Wildman–Crippen MR) is 173 cm³/mol. The lowest BCUT2D eigenvalue weighted by molar-refractivity contribution is 0.466. The van der Waals surface area contributed by atoms with E-state index in [0.29, 0.717) is 5.69 Å². The van der Waals surface area contributed by atoms with E-state index in [4.69, 9.17) is 21.9 Å². The molecule has 0 aliphatic carbocycles. The molecule has 16 nitrogen and oxygen atoms in total. The molecule has 1 heterocycles. The molecule has 5 rings (SSSR count). The molecular weight excluding hydrogens is 700 g/mol. The fraction of sp³-hybridized carbons (Fsp3) is 0.0741. The largest absolute Gasteiger partial charge is 0.507 e. The minimum Gasteiger partial charge on any atom is -0.507 e. The second kappa shape index (κ2) is 13.2. The highest BCUT2D eigenvalue weighted by Gasteiger charge is 2.23. The number of aryl methyl sites for hydroxylation is 1. The molecule has 1 aromatic heterocycles. The average Bonchev–Trinajstić information content (AvgIpc) is 2.94. The highest BCUT2D eigenvalue weighted by atomic mass is 35.5. The first-order chi connectivity index (χ1) is 21.8. The maximum atomic E-state index is 11.9. The monoisotopic (exact) mass is 724 g/mol. The molecule has 0 fully saturated rings. The number of halogens is 1. The molecule has 5 aromatic rings. The molecule has 8 N–H and O–H groups in total. The van der Waals surface area contributed by atoms with Crippen LogP contribution in [0, 0.1) is 13.8 Å². The number of phenols is 1. The first kappa shape index (κ1) is 35.2. The molecule has 0 radical (unpaired) electrons. The van der Waals surface area contributed by atoms with Crippen LogP contribution in [0.25, 0.3) is 10.8 Å². The SMILES string of the molecule is Cc1ccccc1Nc1nc(Cl)nc(Nc2cc(S(=O)(=O)O)cc3cc(S(=O)(=O)O)c(C)c(O)c23)n1.Nc1ccccc1S(=O)(=O)O. The molecule has 0 aliphatic rings. The number of para-hydroxylation sites is 2. The summed E-state index contributed by atoms with van der Waals surface area (Å²) >= 11 is 6.05. The van der Waals surface area contributed by atoms with E-state index in [1.807, 2.05) is 19.1 Å². The van der Waals surface area contributed by atoms with Gasteiger partial charge in [0.1, 0.15) is 15.5 Å². The van der Waals surface area contributed by atoms with Crippen LogP contribution in [0.4, 0.5) is 29.0 Å². The summed E-state index contributed by atoms with van der Waals surface area (Å²) in [5.74, 6) is -0.671. The zero-order valence-corrected chi connectivity index (χ0v) is 27.3. The van der Waals surface area contributed by atoms with Crippen LogP contribution in [0.5, 0.6) is 5.75 Å². The van der Waals surface area contributed by atoms with Gasteiger partial charge in [0.05, 0.1) is 16.3 Å². The molecule has 0 aliphatic heterocycles. The molecule has 47 heavy (non-hydrogen) atoms. The Morgan fingerprint density at radius 3 is 1.79 bits per heavy atom. The Balaban J connectivity index is 0.000000385. The van der Waals surface area contributed by atoms with Crippen molar-refractivity contribution in [1.29, 1.82) is 0 Å². The summed E-state index contributed by atoms with van der Waals surface area (Å²) in [5.41, 5.74) is 6.61. The highest BCUT2D eigenvalue weighted by molar-refractivity contribution is 7.86. The molecule has 0 unspecified atom stereocenters. The van der Waals surface area contributed by atoms with Gasteiger partial charge in [-0.15, -0.1) is 0 Å². The number of nitrogens with one attached hydrogen (secondary N) is 2. The van der Waals surface area contributed by atoms with Crippen molar-refractivity contribution >= 4 is 81.7 Å². The standard InChI is InChI=1S/C21H18ClN5O7S2.C6H7NO3S/c1-10-5-3-4-6-14(10)23-20-25-19(22)26-21(27-20)24-15-9-13(35(29,30)31)7-12-8-16(36(32,33)34)11(2)18(28)17(12)15;7-5-3-1-2-4-6(5)11(8,9)10/h3-9,28H,1-2H3,(H,29,30,31)(H,32,33,34)(H2,23,24,25,26,27);1-4H,7H2,(H,8,9,10).